The lowest BCUT2D eigenvalue weighted by Gasteiger charge is -2.35. The van der Waals surface area contributed by atoms with Gasteiger partial charge in [0.2, 0.25) is 0 Å². The van der Waals surface area contributed by atoms with Crippen LogP contribution in [0, 0.1) is 0 Å². The summed E-state index contributed by atoms with van der Waals surface area (Å²) in [7, 11) is 0. The predicted octanol–water partition coefficient (Wildman–Crippen LogP) is 4.56. The average Bonchev–Trinajstić information content (AvgIpc) is 2.88. The number of aryl methyl sites for hydroxylation is 1. The molecule has 0 radical (unpaired) electrons. The summed E-state index contributed by atoms with van der Waals surface area (Å²) in [5, 5.41) is 8.86. The van der Waals surface area contributed by atoms with Crippen molar-refractivity contribution in [2.45, 2.75) is 33.1 Å². The van der Waals surface area contributed by atoms with Gasteiger partial charge in [-0.25, -0.2) is 0 Å². The molecule has 2 aromatic carbocycles. The highest BCUT2D eigenvalue weighted by molar-refractivity contribution is 5.78. The fraction of sp³-hybridized carbons (Fsp3) is 0.370. The number of ether oxygens (including phenoxy) is 1. The molecule has 33 heavy (non-hydrogen) atoms. The van der Waals surface area contributed by atoms with E-state index in [0.717, 1.165) is 42.3 Å². The molecule has 0 saturated carbocycles. The molecule has 1 aliphatic rings. The molecule has 3 aromatic rings. The summed E-state index contributed by atoms with van der Waals surface area (Å²) in [6.07, 6.45) is 1.02. The first-order valence-electron chi connectivity index (χ1n) is 11.7. The molecule has 1 amide bonds. The predicted molar refractivity (Wildman–Crippen MR) is 132 cm³/mol. The number of benzene rings is 2. The molecule has 0 N–H and O–H groups in total. The van der Waals surface area contributed by atoms with E-state index in [-0.39, 0.29) is 12.5 Å². The highest BCUT2D eigenvalue weighted by Gasteiger charge is 2.22. The second-order valence-corrected chi connectivity index (χ2v) is 8.71. The van der Waals surface area contributed by atoms with Gasteiger partial charge in [0, 0.05) is 31.7 Å². The maximum Gasteiger partial charge on any atom is 0.260 e. The van der Waals surface area contributed by atoms with Crippen LogP contribution < -0.4 is 9.64 Å². The maximum absolute atomic E-state index is 12.6. The van der Waals surface area contributed by atoms with Crippen molar-refractivity contribution in [1.82, 2.24) is 15.1 Å². The molecule has 0 aliphatic carbocycles. The molecule has 0 spiro atoms. The van der Waals surface area contributed by atoms with E-state index in [4.69, 9.17) is 4.74 Å². The second kappa shape index (κ2) is 10.5. The molecule has 6 heteroatoms. The lowest BCUT2D eigenvalue weighted by atomic mass is 10.0. The van der Waals surface area contributed by atoms with Crippen molar-refractivity contribution in [2.24, 2.45) is 0 Å². The van der Waals surface area contributed by atoms with Gasteiger partial charge >= 0.3 is 0 Å². The second-order valence-electron chi connectivity index (χ2n) is 8.71. The lowest BCUT2D eigenvalue weighted by Crippen LogP contribution is -2.50. The average molecular weight is 445 g/mol. The molecular weight excluding hydrogens is 412 g/mol. The van der Waals surface area contributed by atoms with Crippen molar-refractivity contribution >= 4 is 11.7 Å². The van der Waals surface area contributed by atoms with Gasteiger partial charge in [0.15, 0.2) is 12.4 Å². The van der Waals surface area contributed by atoms with Gasteiger partial charge in [-0.05, 0) is 47.7 Å². The number of piperazine rings is 1. The molecule has 1 saturated heterocycles. The highest BCUT2D eigenvalue weighted by Crippen LogP contribution is 2.21. The molecule has 2 heterocycles. The Hall–Kier alpha value is -3.41. The van der Waals surface area contributed by atoms with Crippen LogP contribution in [0.5, 0.6) is 5.75 Å². The van der Waals surface area contributed by atoms with E-state index in [9.17, 15) is 4.79 Å². The molecule has 1 fully saturated rings. The third-order valence-corrected chi connectivity index (χ3v) is 6.17. The molecule has 172 valence electrons. The van der Waals surface area contributed by atoms with E-state index in [0.29, 0.717) is 19.0 Å². The van der Waals surface area contributed by atoms with Crippen LogP contribution in [0.15, 0.2) is 60.7 Å². The van der Waals surface area contributed by atoms with E-state index in [2.05, 4.69) is 72.3 Å². The fourth-order valence-corrected chi connectivity index (χ4v) is 3.93. The number of carbonyl (C=O) groups excluding carboxylic acids is 1. The zero-order valence-corrected chi connectivity index (χ0v) is 19.7. The zero-order chi connectivity index (χ0) is 23.2. The molecule has 1 aliphatic heterocycles. The highest BCUT2D eigenvalue weighted by atomic mass is 16.5. The lowest BCUT2D eigenvalue weighted by molar-refractivity contribution is -0.133. The Bertz CT molecular complexity index is 1040. The number of hydrogen-bond donors (Lipinski definition) is 0. The monoisotopic (exact) mass is 444 g/mol. The minimum absolute atomic E-state index is 0.0135. The molecule has 0 bridgehead atoms. The number of anilines is 1. The molecule has 6 nitrogen and oxygen atoms in total. The molecular formula is C27H32N4O2. The van der Waals surface area contributed by atoms with Crippen molar-refractivity contribution in [3.63, 3.8) is 0 Å². The maximum atomic E-state index is 12.6. The molecule has 1 aromatic heterocycles. The van der Waals surface area contributed by atoms with Crippen LogP contribution in [0.1, 0.15) is 37.8 Å². The smallest absolute Gasteiger partial charge is 0.260 e. The summed E-state index contributed by atoms with van der Waals surface area (Å²) in [4.78, 5) is 16.6. The van der Waals surface area contributed by atoms with Crippen molar-refractivity contribution in [1.29, 1.82) is 0 Å². The Kier molecular flexibility index (Phi) is 7.23. The van der Waals surface area contributed by atoms with E-state index in [1.54, 1.807) is 0 Å². The molecule has 0 atom stereocenters. The molecule has 0 unspecified atom stereocenters. The zero-order valence-electron chi connectivity index (χ0n) is 19.7. The standard InChI is InChI=1S/C27H32N4O2/c1-4-21-5-7-23(8-6-21)25-13-14-26(29-28-25)30-15-17-31(18-16-30)27(32)19-33-24-11-9-22(10-12-24)20(2)3/h5-14,20H,4,15-19H2,1-3H3. The van der Waals surface area contributed by atoms with Gasteiger partial charge in [-0.2, -0.15) is 0 Å². The molecule has 4 rings (SSSR count). The van der Waals surface area contributed by atoms with Crippen LogP contribution in [0.2, 0.25) is 0 Å². The Balaban J connectivity index is 1.26. The van der Waals surface area contributed by atoms with Gasteiger partial charge in [0.05, 0.1) is 5.69 Å². The minimum atomic E-state index is 0.0135. The van der Waals surface area contributed by atoms with Crippen LogP contribution in [0.25, 0.3) is 11.3 Å². The number of rotatable bonds is 7. The van der Waals surface area contributed by atoms with Gasteiger partial charge in [-0.15, -0.1) is 10.2 Å². The number of carbonyl (C=O) groups is 1. The Morgan fingerprint density at radius 3 is 2.18 bits per heavy atom. The van der Waals surface area contributed by atoms with Crippen LogP contribution in [-0.2, 0) is 11.2 Å². The van der Waals surface area contributed by atoms with Crippen LogP contribution >= 0.6 is 0 Å². The first-order valence-corrected chi connectivity index (χ1v) is 11.7. The third kappa shape index (κ3) is 5.69. The summed E-state index contributed by atoms with van der Waals surface area (Å²) in [6.45, 7) is 9.28. The first kappa shape index (κ1) is 22.8. The number of amides is 1. The minimum Gasteiger partial charge on any atom is -0.484 e. The van der Waals surface area contributed by atoms with E-state index < -0.39 is 0 Å². The quantitative estimate of drug-likeness (QED) is 0.535. The number of aromatic nitrogens is 2. The summed E-state index contributed by atoms with van der Waals surface area (Å²) >= 11 is 0. The Labute approximate surface area is 196 Å². The third-order valence-electron chi connectivity index (χ3n) is 6.17. The Morgan fingerprint density at radius 2 is 1.61 bits per heavy atom. The summed E-state index contributed by atoms with van der Waals surface area (Å²) in [6, 6.07) is 20.4. The summed E-state index contributed by atoms with van der Waals surface area (Å²) in [5.74, 6) is 2.06. The van der Waals surface area contributed by atoms with E-state index in [1.165, 1.54) is 11.1 Å². The van der Waals surface area contributed by atoms with Crippen molar-refractivity contribution < 1.29 is 9.53 Å². The van der Waals surface area contributed by atoms with Crippen molar-refractivity contribution in [3.05, 3.63) is 71.8 Å². The normalized spacial score (nSPS) is 13.9. The van der Waals surface area contributed by atoms with Crippen LogP contribution in [0.3, 0.4) is 0 Å². The van der Waals surface area contributed by atoms with E-state index >= 15 is 0 Å². The number of nitrogens with zero attached hydrogens (tertiary/aromatic N) is 4. The van der Waals surface area contributed by atoms with Gasteiger partial charge in [-0.1, -0.05) is 57.2 Å². The van der Waals surface area contributed by atoms with Gasteiger partial charge in [0.25, 0.3) is 5.91 Å². The largest absolute Gasteiger partial charge is 0.484 e. The van der Waals surface area contributed by atoms with Gasteiger partial charge < -0.3 is 14.5 Å². The summed E-state index contributed by atoms with van der Waals surface area (Å²) < 4.78 is 5.71. The van der Waals surface area contributed by atoms with Crippen LogP contribution in [-0.4, -0.2) is 53.8 Å². The van der Waals surface area contributed by atoms with Crippen molar-refractivity contribution in [3.8, 4) is 17.0 Å². The van der Waals surface area contributed by atoms with Crippen molar-refractivity contribution in [2.75, 3.05) is 37.7 Å². The van der Waals surface area contributed by atoms with Gasteiger partial charge in [0.1, 0.15) is 5.75 Å². The van der Waals surface area contributed by atoms with Gasteiger partial charge in [-0.3, -0.25) is 4.79 Å². The topological polar surface area (TPSA) is 58.6 Å². The SMILES string of the molecule is CCc1ccc(-c2ccc(N3CCN(C(=O)COc4ccc(C(C)C)cc4)CC3)nn2)cc1. The van der Waals surface area contributed by atoms with E-state index in [1.807, 2.05) is 29.2 Å². The fourth-order valence-electron chi connectivity index (χ4n) is 3.93. The van der Waals surface area contributed by atoms with Crippen LogP contribution in [0.4, 0.5) is 5.82 Å². The summed E-state index contributed by atoms with van der Waals surface area (Å²) in [5.41, 5.74) is 4.51. The Morgan fingerprint density at radius 1 is 0.909 bits per heavy atom. The first-order chi connectivity index (χ1) is 16.0. The number of hydrogen-bond acceptors (Lipinski definition) is 5.